The fourth-order valence-electron chi connectivity index (χ4n) is 4.05. The number of alkyl halides is 1. The average molecular weight is 602 g/mol. The molecule has 1 saturated heterocycles. The zero-order valence-corrected chi connectivity index (χ0v) is 22.4. The number of hydrogen-bond donors (Lipinski definition) is 0. The molecule has 3 aromatic carbocycles. The molecule has 1 aliphatic rings. The fourth-order valence-corrected chi connectivity index (χ4v) is 4.99. The summed E-state index contributed by atoms with van der Waals surface area (Å²) in [6.07, 6.45) is -2.09. The molecule has 36 heavy (non-hydrogen) atoms. The Kier molecular flexibility index (Phi) is 10.3. The molecular formula is C29H31IO6. The highest BCUT2D eigenvalue weighted by Gasteiger charge is 2.48. The van der Waals surface area contributed by atoms with Crippen molar-refractivity contribution in [3.8, 4) is 0 Å². The molecule has 0 amide bonds. The van der Waals surface area contributed by atoms with Gasteiger partial charge in [-0.1, -0.05) is 114 Å². The van der Waals surface area contributed by atoms with E-state index in [9.17, 15) is 4.79 Å². The van der Waals surface area contributed by atoms with Crippen LogP contribution in [0.5, 0.6) is 0 Å². The minimum absolute atomic E-state index is 0.265. The number of carbonyl (C=O) groups is 1. The van der Waals surface area contributed by atoms with Crippen LogP contribution in [0.25, 0.3) is 0 Å². The van der Waals surface area contributed by atoms with E-state index in [2.05, 4.69) is 22.6 Å². The van der Waals surface area contributed by atoms with Crippen LogP contribution in [-0.4, -0.2) is 41.1 Å². The maximum Gasteiger partial charge on any atom is 0.304 e. The molecule has 0 unspecified atom stereocenters. The molecule has 0 aliphatic carbocycles. The maximum absolute atomic E-state index is 11.8. The van der Waals surface area contributed by atoms with E-state index in [4.69, 9.17) is 23.7 Å². The number of esters is 1. The van der Waals surface area contributed by atoms with Crippen molar-refractivity contribution in [3.05, 3.63) is 108 Å². The summed E-state index contributed by atoms with van der Waals surface area (Å²) >= 11 is 2.24. The molecule has 0 bridgehead atoms. The second-order valence-corrected chi connectivity index (χ2v) is 10.1. The van der Waals surface area contributed by atoms with Crippen LogP contribution in [0.15, 0.2) is 91.0 Å². The highest BCUT2D eigenvalue weighted by molar-refractivity contribution is 14.1. The number of benzene rings is 3. The van der Waals surface area contributed by atoms with Gasteiger partial charge in [-0.2, -0.15) is 0 Å². The first-order valence-electron chi connectivity index (χ1n) is 12.0. The SMILES string of the molecule is CC(=O)O[C@H]1O[C@H](COCc2ccccc2)[C@@H](OCc2ccccc2)[C@H](OCc2ccccc2)[C@@H]1I. The second-order valence-electron chi connectivity index (χ2n) is 8.62. The van der Waals surface area contributed by atoms with Crippen molar-refractivity contribution in [1.82, 2.24) is 0 Å². The van der Waals surface area contributed by atoms with Gasteiger partial charge in [-0.25, -0.2) is 0 Å². The Morgan fingerprint density at radius 2 is 1.22 bits per heavy atom. The summed E-state index contributed by atoms with van der Waals surface area (Å²) in [4.78, 5) is 11.8. The monoisotopic (exact) mass is 602 g/mol. The summed E-state index contributed by atoms with van der Waals surface area (Å²) in [7, 11) is 0. The molecule has 3 aromatic rings. The van der Waals surface area contributed by atoms with Gasteiger partial charge in [0.2, 0.25) is 6.29 Å². The molecule has 4 rings (SSSR count). The van der Waals surface area contributed by atoms with E-state index in [1.807, 2.05) is 91.0 Å². The third-order valence-electron chi connectivity index (χ3n) is 5.82. The number of carbonyl (C=O) groups excluding carboxylic acids is 1. The summed E-state index contributed by atoms with van der Waals surface area (Å²) in [5, 5.41) is 0. The highest BCUT2D eigenvalue weighted by Crippen LogP contribution is 2.33. The lowest BCUT2D eigenvalue weighted by Gasteiger charge is -2.43. The van der Waals surface area contributed by atoms with Crippen molar-refractivity contribution < 1.29 is 28.5 Å². The van der Waals surface area contributed by atoms with Crippen LogP contribution in [0, 0.1) is 0 Å². The van der Waals surface area contributed by atoms with Gasteiger partial charge in [-0.3, -0.25) is 4.79 Å². The molecule has 1 fully saturated rings. The number of rotatable bonds is 11. The van der Waals surface area contributed by atoms with Gasteiger partial charge in [0.25, 0.3) is 0 Å². The average Bonchev–Trinajstić information content (AvgIpc) is 2.90. The van der Waals surface area contributed by atoms with E-state index >= 15 is 0 Å². The Morgan fingerprint density at radius 1 is 0.750 bits per heavy atom. The lowest BCUT2D eigenvalue weighted by Crippen LogP contribution is -2.59. The molecule has 190 valence electrons. The van der Waals surface area contributed by atoms with E-state index in [0.717, 1.165) is 16.7 Å². The largest absolute Gasteiger partial charge is 0.435 e. The van der Waals surface area contributed by atoms with Crippen molar-refractivity contribution in [1.29, 1.82) is 0 Å². The van der Waals surface area contributed by atoms with E-state index in [-0.39, 0.29) is 10.5 Å². The van der Waals surface area contributed by atoms with Crippen LogP contribution in [0.1, 0.15) is 23.6 Å². The van der Waals surface area contributed by atoms with E-state index in [1.54, 1.807) is 0 Å². The van der Waals surface area contributed by atoms with Gasteiger partial charge in [0.15, 0.2) is 0 Å². The van der Waals surface area contributed by atoms with E-state index in [0.29, 0.717) is 19.8 Å². The Labute approximate surface area is 226 Å². The lowest BCUT2D eigenvalue weighted by atomic mass is 10.0. The van der Waals surface area contributed by atoms with Crippen molar-refractivity contribution in [2.45, 2.75) is 55.3 Å². The minimum atomic E-state index is -0.772. The zero-order chi connectivity index (χ0) is 25.2. The molecule has 0 N–H and O–H groups in total. The van der Waals surface area contributed by atoms with Gasteiger partial charge in [-0.15, -0.1) is 0 Å². The molecule has 1 aliphatic heterocycles. The Balaban J connectivity index is 1.52. The van der Waals surface area contributed by atoms with Crippen LogP contribution in [0.3, 0.4) is 0 Å². The summed E-state index contributed by atoms with van der Waals surface area (Å²) in [5.41, 5.74) is 3.17. The lowest BCUT2D eigenvalue weighted by molar-refractivity contribution is -0.265. The summed E-state index contributed by atoms with van der Waals surface area (Å²) in [5.74, 6) is -0.406. The van der Waals surface area contributed by atoms with Crippen molar-refractivity contribution >= 4 is 28.6 Å². The maximum atomic E-state index is 11.8. The first-order valence-corrected chi connectivity index (χ1v) is 13.2. The van der Waals surface area contributed by atoms with Gasteiger partial charge < -0.3 is 23.7 Å². The molecule has 0 aromatic heterocycles. The normalized spacial score (nSPS) is 23.8. The summed E-state index contributed by atoms with van der Waals surface area (Å²) in [6.45, 7) is 2.89. The van der Waals surface area contributed by atoms with E-state index < -0.39 is 30.6 Å². The van der Waals surface area contributed by atoms with Gasteiger partial charge >= 0.3 is 5.97 Å². The molecule has 7 heteroatoms. The second kappa shape index (κ2) is 13.9. The van der Waals surface area contributed by atoms with Crippen LogP contribution in [0.4, 0.5) is 0 Å². The zero-order valence-electron chi connectivity index (χ0n) is 20.2. The van der Waals surface area contributed by atoms with Crippen molar-refractivity contribution in [3.63, 3.8) is 0 Å². The Morgan fingerprint density at radius 3 is 1.72 bits per heavy atom. The quantitative estimate of drug-likeness (QED) is 0.165. The topological polar surface area (TPSA) is 63.2 Å². The number of hydrogen-bond acceptors (Lipinski definition) is 6. The predicted molar refractivity (Wildman–Crippen MR) is 144 cm³/mol. The predicted octanol–water partition coefficient (Wildman–Crippen LogP) is 5.47. The van der Waals surface area contributed by atoms with Crippen LogP contribution in [0.2, 0.25) is 0 Å². The van der Waals surface area contributed by atoms with E-state index in [1.165, 1.54) is 6.92 Å². The Hall–Kier alpha value is -2.30. The minimum Gasteiger partial charge on any atom is -0.435 e. The van der Waals surface area contributed by atoms with Crippen molar-refractivity contribution in [2.75, 3.05) is 6.61 Å². The van der Waals surface area contributed by atoms with Gasteiger partial charge in [0.1, 0.15) is 22.2 Å². The highest BCUT2D eigenvalue weighted by atomic mass is 127. The molecule has 1 heterocycles. The Bertz CT molecular complexity index is 1050. The molecule has 6 nitrogen and oxygen atoms in total. The first kappa shape index (κ1) is 26.8. The fraction of sp³-hybridized carbons (Fsp3) is 0.345. The van der Waals surface area contributed by atoms with Crippen molar-refractivity contribution in [2.24, 2.45) is 0 Å². The smallest absolute Gasteiger partial charge is 0.304 e. The molecule has 0 saturated carbocycles. The van der Waals surface area contributed by atoms with Crippen LogP contribution < -0.4 is 0 Å². The van der Waals surface area contributed by atoms with Gasteiger partial charge in [0, 0.05) is 6.92 Å². The number of ether oxygens (including phenoxy) is 5. The molecular weight excluding hydrogens is 571 g/mol. The molecule has 0 spiro atoms. The van der Waals surface area contributed by atoms with Crippen LogP contribution >= 0.6 is 22.6 Å². The molecule has 5 atom stereocenters. The third kappa shape index (κ3) is 7.85. The van der Waals surface area contributed by atoms with Crippen LogP contribution in [-0.2, 0) is 48.3 Å². The van der Waals surface area contributed by atoms with Gasteiger partial charge in [-0.05, 0) is 16.7 Å². The number of halogens is 1. The van der Waals surface area contributed by atoms with Gasteiger partial charge in [0.05, 0.1) is 26.4 Å². The first-order chi connectivity index (χ1) is 17.6. The third-order valence-corrected chi connectivity index (χ3v) is 7.12. The molecule has 0 radical (unpaired) electrons. The summed E-state index contributed by atoms with van der Waals surface area (Å²) < 4.78 is 30.4. The standard InChI is InChI=1S/C29H31IO6/c1-21(31)35-29-26(30)28(34-19-24-15-9-4-10-16-24)27(33-18-23-13-7-3-8-14-23)25(36-29)20-32-17-22-11-5-2-6-12-22/h2-16,25-29H,17-20H2,1H3/t25-,26+,27-,28-,29+/m1/s1. The summed E-state index contributed by atoms with van der Waals surface area (Å²) in [6, 6.07) is 29.9.